The number of nitrogens with one attached hydrogen (secondary N) is 1. The maximum Gasteiger partial charge on any atom is 0.262 e. The number of benzene rings is 2. The van der Waals surface area contributed by atoms with E-state index < -0.39 is 0 Å². The molecule has 0 atom stereocenters. The number of thiophene rings is 1. The molecular formula is C23H18N2O2S. The van der Waals surface area contributed by atoms with Gasteiger partial charge in [0.25, 0.3) is 11.5 Å². The number of amides is 1. The molecule has 4 aromatic rings. The summed E-state index contributed by atoms with van der Waals surface area (Å²) in [7, 11) is 0. The molecule has 2 aromatic heterocycles. The van der Waals surface area contributed by atoms with E-state index in [4.69, 9.17) is 0 Å². The normalized spacial score (nSPS) is 10.7. The molecule has 0 bridgehead atoms. The third-order valence-corrected chi connectivity index (χ3v) is 5.62. The summed E-state index contributed by atoms with van der Waals surface area (Å²) in [6.07, 6.45) is 1.65. The van der Waals surface area contributed by atoms with Gasteiger partial charge in [-0.15, -0.1) is 17.9 Å². The van der Waals surface area contributed by atoms with Crippen LogP contribution in [-0.4, -0.2) is 17.0 Å². The molecule has 0 aliphatic heterocycles. The third-order valence-electron chi connectivity index (χ3n) is 4.43. The van der Waals surface area contributed by atoms with Crippen molar-refractivity contribution in [1.29, 1.82) is 0 Å². The van der Waals surface area contributed by atoms with Gasteiger partial charge in [-0.25, -0.2) is 0 Å². The number of hydrogen-bond donors (Lipinski definition) is 1. The van der Waals surface area contributed by atoms with E-state index in [0.717, 1.165) is 27.0 Å². The highest BCUT2D eigenvalue weighted by Gasteiger charge is 2.22. The number of carbonyl (C=O) groups excluding carboxylic acids is 1. The minimum Gasteiger partial charge on any atom is -0.348 e. The van der Waals surface area contributed by atoms with Crippen molar-refractivity contribution in [3.8, 4) is 16.8 Å². The van der Waals surface area contributed by atoms with E-state index in [1.165, 1.54) is 11.3 Å². The molecule has 138 valence electrons. The largest absolute Gasteiger partial charge is 0.348 e. The Hall–Kier alpha value is -3.44. The van der Waals surface area contributed by atoms with Crippen LogP contribution in [0.25, 0.3) is 27.0 Å². The average Bonchev–Trinajstić information content (AvgIpc) is 3.12. The molecule has 0 unspecified atom stereocenters. The zero-order valence-corrected chi connectivity index (χ0v) is 15.9. The molecule has 0 fully saturated rings. The standard InChI is InChI=1S/C23H18N2O2S/c1-2-15-24-22(27)21-20(16-9-5-3-6-10-16)18-13-14-19(26)25(23(18)28-21)17-11-7-4-8-12-17/h2-14H,1,15H2,(H,24,27). The molecule has 2 aromatic carbocycles. The van der Waals surface area contributed by atoms with E-state index in [1.54, 1.807) is 22.8 Å². The summed E-state index contributed by atoms with van der Waals surface area (Å²) in [5.41, 5.74) is 2.43. The van der Waals surface area contributed by atoms with Crippen LogP contribution in [0.2, 0.25) is 0 Å². The van der Waals surface area contributed by atoms with Crippen molar-refractivity contribution in [1.82, 2.24) is 9.88 Å². The van der Waals surface area contributed by atoms with Crippen molar-refractivity contribution in [3.05, 3.63) is 101 Å². The number of pyridine rings is 1. The molecule has 5 heteroatoms. The highest BCUT2D eigenvalue weighted by Crippen LogP contribution is 2.38. The Morgan fingerprint density at radius 3 is 2.36 bits per heavy atom. The van der Waals surface area contributed by atoms with Crippen LogP contribution in [0.15, 0.2) is 90.2 Å². The van der Waals surface area contributed by atoms with Crippen LogP contribution < -0.4 is 10.9 Å². The maximum atomic E-state index is 12.9. The van der Waals surface area contributed by atoms with Crippen LogP contribution in [0.1, 0.15) is 9.67 Å². The summed E-state index contributed by atoms with van der Waals surface area (Å²) < 4.78 is 1.66. The van der Waals surface area contributed by atoms with E-state index in [1.807, 2.05) is 60.7 Å². The molecule has 0 saturated carbocycles. The zero-order valence-electron chi connectivity index (χ0n) is 15.1. The number of hydrogen-bond acceptors (Lipinski definition) is 3. The van der Waals surface area contributed by atoms with Crippen LogP contribution in [0.3, 0.4) is 0 Å². The first kappa shape index (κ1) is 17.9. The van der Waals surface area contributed by atoms with Crippen molar-refractivity contribution < 1.29 is 4.79 Å². The van der Waals surface area contributed by atoms with Crippen LogP contribution in [0.4, 0.5) is 0 Å². The van der Waals surface area contributed by atoms with Crippen LogP contribution in [-0.2, 0) is 0 Å². The molecule has 0 radical (unpaired) electrons. The number of para-hydroxylation sites is 1. The second-order valence-corrected chi connectivity index (χ2v) is 7.23. The lowest BCUT2D eigenvalue weighted by Crippen LogP contribution is -2.22. The van der Waals surface area contributed by atoms with Gasteiger partial charge in [0.2, 0.25) is 0 Å². The van der Waals surface area contributed by atoms with Gasteiger partial charge in [-0.2, -0.15) is 0 Å². The van der Waals surface area contributed by atoms with Crippen molar-refractivity contribution >= 4 is 27.5 Å². The predicted molar refractivity (Wildman–Crippen MR) is 115 cm³/mol. The van der Waals surface area contributed by atoms with E-state index in [2.05, 4.69) is 11.9 Å². The van der Waals surface area contributed by atoms with E-state index in [9.17, 15) is 9.59 Å². The van der Waals surface area contributed by atoms with Crippen molar-refractivity contribution in [2.75, 3.05) is 6.54 Å². The third kappa shape index (κ3) is 3.17. The highest BCUT2D eigenvalue weighted by molar-refractivity contribution is 7.21. The van der Waals surface area contributed by atoms with Crippen molar-refractivity contribution in [3.63, 3.8) is 0 Å². The predicted octanol–water partition coefficient (Wildman–Crippen LogP) is 4.64. The summed E-state index contributed by atoms with van der Waals surface area (Å²) in [6, 6.07) is 22.6. The van der Waals surface area contributed by atoms with Gasteiger partial charge in [-0.1, -0.05) is 54.6 Å². The molecule has 0 saturated heterocycles. The Morgan fingerprint density at radius 1 is 1.00 bits per heavy atom. The van der Waals surface area contributed by atoms with Crippen molar-refractivity contribution in [2.24, 2.45) is 0 Å². The molecule has 2 heterocycles. The highest BCUT2D eigenvalue weighted by atomic mass is 32.1. The van der Waals surface area contributed by atoms with Gasteiger partial charge in [0.15, 0.2) is 0 Å². The quantitative estimate of drug-likeness (QED) is 0.508. The van der Waals surface area contributed by atoms with Gasteiger partial charge in [0.05, 0.1) is 5.69 Å². The van der Waals surface area contributed by atoms with Gasteiger partial charge in [0.1, 0.15) is 9.71 Å². The van der Waals surface area contributed by atoms with Crippen LogP contribution >= 0.6 is 11.3 Å². The Labute approximate surface area is 166 Å². The Kier molecular flexibility index (Phi) is 4.91. The molecule has 0 spiro atoms. The fraction of sp³-hybridized carbons (Fsp3) is 0.0435. The van der Waals surface area contributed by atoms with Gasteiger partial charge in [0, 0.05) is 23.6 Å². The Bertz CT molecular complexity index is 1210. The SMILES string of the molecule is C=CCNC(=O)c1sc2c(ccc(=O)n2-c2ccccc2)c1-c1ccccc1. The molecule has 1 amide bonds. The smallest absolute Gasteiger partial charge is 0.262 e. The number of nitrogens with zero attached hydrogens (tertiary/aromatic N) is 1. The average molecular weight is 386 g/mol. The molecule has 0 aliphatic rings. The number of rotatable bonds is 5. The molecule has 4 rings (SSSR count). The Balaban J connectivity index is 2.04. The lowest BCUT2D eigenvalue weighted by atomic mass is 10.0. The van der Waals surface area contributed by atoms with Crippen molar-refractivity contribution in [2.45, 2.75) is 0 Å². The summed E-state index contributed by atoms with van der Waals surface area (Å²) in [6.45, 7) is 4.04. The van der Waals surface area contributed by atoms with E-state index in [-0.39, 0.29) is 11.5 Å². The topological polar surface area (TPSA) is 51.1 Å². The first-order valence-corrected chi connectivity index (χ1v) is 9.71. The number of carbonyl (C=O) groups is 1. The lowest BCUT2D eigenvalue weighted by Gasteiger charge is -2.07. The van der Waals surface area contributed by atoms with E-state index >= 15 is 0 Å². The molecule has 0 aliphatic carbocycles. The van der Waals surface area contributed by atoms with E-state index in [0.29, 0.717) is 11.4 Å². The summed E-state index contributed by atoms with van der Waals surface area (Å²) in [5, 5.41) is 3.74. The zero-order chi connectivity index (χ0) is 19.5. The maximum absolute atomic E-state index is 12.9. The fourth-order valence-electron chi connectivity index (χ4n) is 3.20. The molecular weight excluding hydrogens is 368 g/mol. The monoisotopic (exact) mass is 386 g/mol. The first-order chi connectivity index (χ1) is 13.7. The number of fused-ring (bicyclic) bond motifs is 1. The number of aromatic nitrogens is 1. The molecule has 1 N–H and O–H groups in total. The second-order valence-electron chi connectivity index (χ2n) is 6.23. The summed E-state index contributed by atoms with van der Waals surface area (Å²) in [4.78, 5) is 26.9. The Morgan fingerprint density at radius 2 is 1.68 bits per heavy atom. The van der Waals surface area contributed by atoms with Gasteiger partial charge in [-0.3, -0.25) is 14.2 Å². The van der Waals surface area contributed by atoms with Gasteiger partial charge >= 0.3 is 0 Å². The van der Waals surface area contributed by atoms with Gasteiger partial charge in [-0.05, 0) is 23.8 Å². The first-order valence-electron chi connectivity index (χ1n) is 8.89. The summed E-state index contributed by atoms with van der Waals surface area (Å²) >= 11 is 1.33. The minimum absolute atomic E-state index is 0.127. The van der Waals surface area contributed by atoms with Gasteiger partial charge < -0.3 is 5.32 Å². The fourth-order valence-corrected chi connectivity index (χ4v) is 4.45. The molecule has 28 heavy (non-hydrogen) atoms. The van der Waals surface area contributed by atoms with Crippen LogP contribution in [0, 0.1) is 0 Å². The lowest BCUT2D eigenvalue weighted by molar-refractivity contribution is 0.0962. The molecule has 4 nitrogen and oxygen atoms in total. The second kappa shape index (κ2) is 7.66. The summed E-state index contributed by atoms with van der Waals surface area (Å²) in [5.74, 6) is -0.174. The van der Waals surface area contributed by atoms with Crippen LogP contribution in [0.5, 0.6) is 0 Å². The minimum atomic E-state index is -0.174.